The summed E-state index contributed by atoms with van der Waals surface area (Å²) >= 11 is 0. The number of carbonyl (C=O) groups is 2. The van der Waals surface area contributed by atoms with Gasteiger partial charge in [0, 0.05) is 30.8 Å². The summed E-state index contributed by atoms with van der Waals surface area (Å²) in [6.45, 7) is 3.81. The third kappa shape index (κ3) is 4.31. The van der Waals surface area contributed by atoms with Gasteiger partial charge in [-0.1, -0.05) is 25.1 Å². The zero-order chi connectivity index (χ0) is 22.7. The van der Waals surface area contributed by atoms with E-state index in [4.69, 9.17) is 9.47 Å². The summed E-state index contributed by atoms with van der Waals surface area (Å²) in [5.41, 5.74) is 1.62. The van der Waals surface area contributed by atoms with Crippen molar-refractivity contribution in [1.29, 1.82) is 0 Å². The maximum Gasteiger partial charge on any atom is 0.228 e. The molecule has 0 spiro atoms. The number of ether oxygens (including phenoxy) is 2. The van der Waals surface area contributed by atoms with E-state index in [1.165, 1.54) is 0 Å². The first-order chi connectivity index (χ1) is 15.5. The van der Waals surface area contributed by atoms with E-state index in [9.17, 15) is 9.59 Å². The van der Waals surface area contributed by atoms with Crippen LogP contribution in [0.4, 0.5) is 5.69 Å². The number of methoxy groups -OCH3 is 2. The van der Waals surface area contributed by atoms with Gasteiger partial charge in [-0.25, -0.2) is 0 Å². The predicted octanol–water partition coefficient (Wildman–Crippen LogP) is 4.45. The number of hydrogen-bond donors (Lipinski definition) is 0. The van der Waals surface area contributed by atoms with Gasteiger partial charge >= 0.3 is 0 Å². The maximum atomic E-state index is 13.8. The van der Waals surface area contributed by atoms with E-state index in [-0.39, 0.29) is 17.7 Å². The van der Waals surface area contributed by atoms with Crippen LogP contribution in [0.5, 0.6) is 11.5 Å². The summed E-state index contributed by atoms with van der Waals surface area (Å²) in [5, 5.41) is 0. The summed E-state index contributed by atoms with van der Waals surface area (Å²) in [7, 11) is 3.25. The maximum absolute atomic E-state index is 13.8. The Morgan fingerprint density at radius 1 is 0.938 bits per heavy atom. The minimum atomic E-state index is -0.423. The Morgan fingerprint density at radius 2 is 1.62 bits per heavy atom. The number of amides is 2. The number of hydrogen-bond acceptors (Lipinski definition) is 4. The molecule has 2 aromatic carbocycles. The van der Waals surface area contributed by atoms with Gasteiger partial charge in [-0.05, 0) is 55.5 Å². The van der Waals surface area contributed by atoms with Gasteiger partial charge in [0.2, 0.25) is 11.8 Å². The van der Waals surface area contributed by atoms with Crippen molar-refractivity contribution in [2.45, 2.75) is 38.6 Å². The Labute approximate surface area is 190 Å². The lowest BCUT2D eigenvalue weighted by molar-refractivity contribution is -0.139. The van der Waals surface area contributed by atoms with Gasteiger partial charge in [0.1, 0.15) is 11.5 Å². The van der Waals surface area contributed by atoms with Crippen LogP contribution in [0.1, 0.15) is 44.2 Å². The molecular formula is C26H32N2O4. The second-order valence-electron chi connectivity index (χ2n) is 8.80. The predicted molar refractivity (Wildman–Crippen MR) is 124 cm³/mol. The average Bonchev–Trinajstić information content (AvgIpc) is 2.84. The Balaban J connectivity index is 1.76. The van der Waals surface area contributed by atoms with Gasteiger partial charge in [0.15, 0.2) is 0 Å². The van der Waals surface area contributed by atoms with Crippen molar-refractivity contribution in [3.63, 3.8) is 0 Å². The van der Waals surface area contributed by atoms with Crippen molar-refractivity contribution < 1.29 is 19.1 Å². The highest BCUT2D eigenvalue weighted by molar-refractivity contribution is 5.97. The molecule has 2 fully saturated rings. The molecule has 0 aliphatic carbocycles. The molecule has 2 saturated heterocycles. The van der Waals surface area contributed by atoms with E-state index in [1.54, 1.807) is 19.1 Å². The van der Waals surface area contributed by atoms with Crippen LogP contribution in [-0.4, -0.2) is 44.0 Å². The van der Waals surface area contributed by atoms with Gasteiger partial charge in [0.05, 0.1) is 26.2 Å². The molecule has 2 aliphatic rings. The fourth-order valence-corrected chi connectivity index (χ4v) is 4.93. The number of piperidine rings is 2. The minimum Gasteiger partial charge on any atom is -0.497 e. The molecule has 0 aromatic heterocycles. The molecule has 2 unspecified atom stereocenters. The molecule has 6 nitrogen and oxygen atoms in total. The molecule has 2 amide bonds. The number of carbonyl (C=O) groups excluding carboxylic acids is 2. The summed E-state index contributed by atoms with van der Waals surface area (Å²) in [5.74, 6) is 1.89. The monoisotopic (exact) mass is 436 g/mol. The van der Waals surface area contributed by atoms with Crippen LogP contribution in [0.2, 0.25) is 0 Å². The quantitative estimate of drug-likeness (QED) is 0.695. The van der Waals surface area contributed by atoms with Crippen LogP contribution in [-0.2, 0) is 9.59 Å². The lowest BCUT2D eigenvalue weighted by Gasteiger charge is -2.43. The molecule has 0 N–H and O–H groups in total. The molecule has 6 heteroatoms. The van der Waals surface area contributed by atoms with E-state index in [0.717, 1.165) is 42.9 Å². The van der Waals surface area contributed by atoms with Crippen LogP contribution >= 0.6 is 0 Å². The SMILES string of the molecule is COc1ccc(N2C(=O)CCC(C(=O)N3CCC(C)CC3)C2c2ccccc2OC)cc1. The van der Waals surface area contributed by atoms with Crippen molar-refractivity contribution in [3.05, 3.63) is 54.1 Å². The normalized spacial score (nSPS) is 22.0. The fraction of sp³-hybridized carbons (Fsp3) is 0.462. The highest BCUT2D eigenvalue weighted by atomic mass is 16.5. The van der Waals surface area contributed by atoms with Crippen molar-refractivity contribution in [3.8, 4) is 11.5 Å². The number of benzene rings is 2. The fourth-order valence-electron chi connectivity index (χ4n) is 4.93. The van der Waals surface area contributed by atoms with E-state index in [1.807, 2.05) is 53.4 Å². The van der Waals surface area contributed by atoms with Crippen molar-refractivity contribution in [2.24, 2.45) is 11.8 Å². The zero-order valence-electron chi connectivity index (χ0n) is 19.1. The molecule has 2 atom stereocenters. The Morgan fingerprint density at radius 3 is 2.28 bits per heavy atom. The molecule has 2 aromatic rings. The molecule has 0 radical (unpaired) electrons. The lowest BCUT2D eigenvalue weighted by Crippen LogP contribution is -2.50. The smallest absolute Gasteiger partial charge is 0.228 e. The lowest BCUT2D eigenvalue weighted by atomic mass is 9.82. The Kier molecular flexibility index (Phi) is 6.68. The number of rotatable bonds is 5. The van der Waals surface area contributed by atoms with Gasteiger partial charge in [-0.15, -0.1) is 0 Å². The van der Waals surface area contributed by atoms with Gasteiger partial charge in [0.25, 0.3) is 0 Å². The molecule has 0 saturated carbocycles. The van der Waals surface area contributed by atoms with E-state index in [2.05, 4.69) is 6.92 Å². The summed E-state index contributed by atoms with van der Waals surface area (Å²) in [6.07, 6.45) is 2.94. The first-order valence-electron chi connectivity index (χ1n) is 11.4. The van der Waals surface area contributed by atoms with E-state index in [0.29, 0.717) is 24.5 Å². The Bertz CT molecular complexity index is 951. The van der Waals surface area contributed by atoms with Crippen molar-refractivity contribution >= 4 is 17.5 Å². The first-order valence-corrected chi connectivity index (χ1v) is 11.4. The summed E-state index contributed by atoms with van der Waals surface area (Å²) < 4.78 is 11.0. The third-order valence-electron chi connectivity index (χ3n) is 6.82. The van der Waals surface area contributed by atoms with Crippen molar-refractivity contribution in [1.82, 2.24) is 4.90 Å². The number of anilines is 1. The second-order valence-corrected chi connectivity index (χ2v) is 8.80. The van der Waals surface area contributed by atoms with Gasteiger partial charge in [-0.2, -0.15) is 0 Å². The second kappa shape index (κ2) is 9.63. The van der Waals surface area contributed by atoms with Gasteiger partial charge < -0.3 is 19.3 Å². The molecule has 170 valence electrons. The Hall–Kier alpha value is -3.02. The van der Waals surface area contributed by atoms with Crippen LogP contribution in [0.3, 0.4) is 0 Å². The van der Waals surface area contributed by atoms with Crippen LogP contribution < -0.4 is 14.4 Å². The zero-order valence-corrected chi connectivity index (χ0v) is 19.1. The number of para-hydroxylation sites is 1. The third-order valence-corrected chi connectivity index (χ3v) is 6.82. The van der Waals surface area contributed by atoms with Gasteiger partial charge in [-0.3, -0.25) is 9.59 Å². The summed E-state index contributed by atoms with van der Waals surface area (Å²) in [6, 6.07) is 14.7. The van der Waals surface area contributed by atoms with Crippen molar-refractivity contribution in [2.75, 3.05) is 32.2 Å². The average molecular weight is 437 g/mol. The molecule has 2 aliphatic heterocycles. The summed E-state index contributed by atoms with van der Waals surface area (Å²) in [4.78, 5) is 30.8. The molecule has 4 rings (SSSR count). The number of likely N-dealkylation sites (tertiary alicyclic amines) is 1. The first kappa shape index (κ1) is 22.2. The van der Waals surface area contributed by atoms with Crippen LogP contribution in [0.25, 0.3) is 0 Å². The molecular weight excluding hydrogens is 404 g/mol. The molecule has 2 heterocycles. The van der Waals surface area contributed by atoms with E-state index < -0.39 is 6.04 Å². The van der Waals surface area contributed by atoms with Crippen LogP contribution in [0.15, 0.2) is 48.5 Å². The molecule has 0 bridgehead atoms. The topological polar surface area (TPSA) is 59.1 Å². The largest absolute Gasteiger partial charge is 0.497 e. The van der Waals surface area contributed by atoms with E-state index >= 15 is 0 Å². The highest BCUT2D eigenvalue weighted by Gasteiger charge is 2.44. The van der Waals surface area contributed by atoms with Crippen LogP contribution in [0, 0.1) is 11.8 Å². The molecule has 32 heavy (non-hydrogen) atoms. The highest BCUT2D eigenvalue weighted by Crippen LogP contribution is 2.44. The minimum absolute atomic E-state index is 0.0161. The standard InChI is InChI=1S/C26H32N2O4/c1-18-14-16-27(17-15-18)26(30)22-12-13-24(29)28(19-8-10-20(31-2)11-9-19)25(22)21-6-4-5-7-23(21)32-3/h4-11,18,22,25H,12-17H2,1-3H3. The number of nitrogens with zero attached hydrogens (tertiary/aromatic N) is 2.